The van der Waals surface area contributed by atoms with Gasteiger partial charge in [-0.25, -0.2) is 0 Å². The summed E-state index contributed by atoms with van der Waals surface area (Å²) in [7, 11) is 0. The van der Waals surface area contributed by atoms with Crippen molar-refractivity contribution in [2.45, 2.75) is 19.8 Å². The predicted octanol–water partition coefficient (Wildman–Crippen LogP) is 1.99. The quantitative estimate of drug-likeness (QED) is 0.388. The lowest BCUT2D eigenvalue weighted by Gasteiger charge is -1.97. The molecule has 0 atom stereocenters. The first kappa shape index (κ1) is 7.85. The van der Waals surface area contributed by atoms with Crippen LogP contribution in [0.15, 0.2) is 23.5 Å². The molecule has 0 radical (unpaired) electrons. The highest BCUT2D eigenvalue weighted by Gasteiger charge is 2.01. The Balaban J connectivity index is 2.72. The van der Waals surface area contributed by atoms with Crippen LogP contribution in [0.3, 0.4) is 0 Å². The van der Waals surface area contributed by atoms with Gasteiger partial charge in [0.05, 0.1) is 5.69 Å². The van der Waals surface area contributed by atoms with Crippen LogP contribution in [0.4, 0.5) is 0 Å². The number of nitrogens with one attached hydrogen (secondary N) is 1. The maximum absolute atomic E-state index is 8.60. The van der Waals surface area contributed by atoms with E-state index in [1.165, 1.54) is 0 Å². The second-order valence-corrected chi connectivity index (χ2v) is 2.38. The van der Waals surface area contributed by atoms with Gasteiger partial charge in [-0.3, -0.25) is 0 Å². The molecule has 0 aliphatic carbocycles. The van der Waals surface area contributed by atoms with Crippen molar-refractivity contribution in [3.8, 4) is 0 Å². The van der Waals surface area contributed by atoms with Gasteiger partial charge in [-0.1, -0.05) is 18.5 Å². The van der Waals surface area contributed by atoms with Crippen LogP contribution in [0.2, 0.25) is 0 Å². The number of hydrogen-bond acceptors (Lipinski definition) is 2. The Morgan fingerprint density at radius 3 is 3.00 bits per heavy atom. The fraction of sp³-hybridized carbons (Fsp3) is 0.375. The van der Waals surface area contributed by atoms with Crippen molar-refractivity contribution in [3.63, 3.8) is 0 Å². The van der Waals surface area contributed by atoms with Crippen LogP contribution in [0.1, 0.15) is 25.5 Å². The van der Waals surface area contributed by atoms with Gasteiger partial charge in [-0.15, -0.1) is 0 Å². The zero-order chi connectivity index (χ0) is 8.10. The molecule has 0 bridgehead atoms. The SMILES string of the molecule is CCCC(=NO)c1ccc[nH]1. The van der Waals surface area contributed by atoms with Gasteiger partial charge in [0.15, 0.2) is 0 Å². The van der Waals surface area contributed by atoms with E-state index in [0.29, 0.717) is 0 Å². The minimum atomic E-state index is 0.720. The summed E-state index contributed by atoms with van der Waals surface area (Å²) < 4.78 is 0. The van der Waals surface area contributed by atoms with E-state index in [1.807, 2.05) is 25.3 Å². The van der Waals surface area contributed by atoms with E-state index in [0.717, 1.165) is 24.2 Å². The smallest absolute Gasteiger partial charge is 0.103 e. The summed E-state index contributed by atoms with van der Waals surface area (Å²) in [5.74, 6) is 0. The van der Waals surface area contributed by atoms with Crippen LogP contribution in [0.25, 0.3) is 0 Å². The fourth-order valence-electron chi connectivity index (χ4n) is 0.985. The summed E-state index contributed by atoms with van der Waals surface area (Å²) in [5.41, 5.74) is 1.62. The van der Waals surface area contributed by atoms with E-state index in [9.17, 15) is 0 Å². The Morgan fingerprint density at radius 2 is 2.55 bits per heavy atom. The molecular weight excluding hydrogens is 140 g/mol. The molecule has 2 N–H and O–H groups in total. The topological polar surface area (TPSA) is 48.4 Å². The zero-order valence-electron chi connectivity index (χ0n) is 6.54. The van der Waals surface area contributed by atoms with E-state index in [2.05, 4.69) is 10.1 Å². The highest BCUT2D eigenvalue weighted by Crippen LogP contribution is 2.02. The molecular formula is C8H12N2O. The van der Waals surface area contributed by atoms with Gasteiger partial charge in [0.1, 0.15) is 5.71 Å². The molecule has 0 saturated carbocycles. The van der Waals surface area contributed by atoms with E-state index in [4.69, 9.17) is 5.21 Å². The van der Waals surface area contributed by atoms with Crippen LogP contribution in [-0.4, -0.2) is 15.9 Å². The monoisotopic (exact) mass is 152 g/mol. The van der Waals surface area contributed by atoms with Crippen LogP contribution >= 0.6 is 0 Å². The van der Waals surface area contributed by atoms with Crippen molar-refractivity contribution >= 4 is 5.71 Å². The average Bonchev–Trinajstić information content (AvgIpc) is 2.52. The first-order chi connectivity index (χ1) is 5.38. The number of H-pyrrole nitrogens is 1. The molecule has 0 aromatic carbocycles. The molecule has 0 amide bonds. The van der Waals surface area contributed by atoms with Gasteiger partial charge in [-0.05, 0) is 18.6 Å². The van der Waals surface area contributed by atoms with E-state index >= 15 is 0 Å². The van der Waals surface area contributed by atoms with Crippen LogP contribution in [0, 0.1) is 0 Å². The third-order valence-electron chi connectivity index (χ3n) is 1.52. The van der Waals surface area contributed by atoms with Gasteiger partial charge in [0.25, 0.3) is 0 Å². The third kappa shape index (κ3) is 1.83. The van der Waals surface area contributed by atoms with Gasteiger partial charge in [0, 0.05) is 6.20 Å². The van der Waals surface area contributed by atoms with Crippen molar-refractivity contribution in [1.29, 1.82) is 0 Å². The highest BCUT2D eigenvalue weighted by atomic mass is 16.4. The Morgan fingerprint density at radius 1 is 1.73 bits per heavy atom. The summed E-state index contributed by atoms with van der Waals surface area (Å²) in [6, 6.07) is 3.78. The second-order valence-electron chi connectivity index (χ2n) is 2.38. The molecule has 11 heavy (non-hydrogen) atoms. The Hall–Kier alpha value is -1.25. The predicted molar refractivity (Wildman–Crippen MR) is 44.0 cm³/mol. The zero-order valence-corrected chi connectivity index (χ0v) is 6.54. The summed E-state index contributed by atoms with van der Waals surface area (Å²) >= 11 is 0. The van der Waals surface area contributed by atoms with Gasteiger partial charge < -0.3 is 10.2 Å². The van der Waals surface area contributed by atoms with Crippen LogP contribution in [0.5, 0.6) is 0 Å². The molecule has 1 heterocycles. The van der Waals surface area contributed by atoms with Crippen molar-refractivity contribution in [3.05, 3.63) is 24.0 Å². The van der Waals surface area contributed by atoms with Crippen molar-refractivity contribution in [2.75, 3.05) is 0 Å². The second kappa shape index (κ2) is 3.81. The normalized spacial score (nSPS) is 11.9. The molecule has 0 saturated heterocycles. The molecule has 3 heteroatoms. The molecule has 3 nitrogen and oxygen atoms in total. The van der Waals surface area contributed by atoms with Gasteiger partial charge in [-0.2, -0.15) is 0 Å². The molecule has 0 spiro atoms. The lowest BCUT2D eigenvalue weighted by atomic mass is 10.2. The van der Waals surface area contributed by atoms with E-state index in [1.54, 1.807) is 0 Å². The Bertz CT molecular complexity index is 226. The summed E-state index contributed by atoms with van der Waals surface area (Å²) in [6.45, 7) is 2.05. The molecule has 1 aromatic heterocycles. The summed E-state index contributed by atoms with van der Waals surface area (Å²) in [4.78, 5) is 2.98. The first-order valence-corrected chi connectivity index (χ1v) is 3.73. The molecule has 0 fully saturated rings. The Kier molecular flexibility index (Phi) is 2.72. The molecule has 1 rings (SSSR count). The number of oxime groups is 1. The van der Waals surface area contributed by atoms with E-state index < -0.39 is 0 Å². The molecule has 0 aliphatic heterocycles. The largest absolute Gasteiger partial charge is 0.411 e. The highest BCUT2D eigenvalue weighted by molar-refractivity contribution is 5.98. The molecule has 0 unspecified atom stereocenters. The number of nitrogens with zero attached hydrogens (tertiary/aromatic N) is 1. The number of hydrogen-bond donors (Lipinski definition) is 2. The maximum Gasteiger partial charge on any atom is 0.103 e. The number of aromatic amines is 1. The van der Waals surface area contributed by atoms with Crippen molar-refractivity contribution in [1.82, 2.24) is 4.98 Å². The van der Waals surface area contributed by atoms with Crippen LogP contribution in [-0.2, 0) is 0 Å². The Labute approximate surface area is 65.7 Å². The average molecular weight is 152 g/mol. The standard InChI is InChI=1S/C8H12N2O/c1-2-4-8(10-11)7-5-3-6-9-7/h3,5-6,9,11H,2,4H2,1H3. The van der Waals surface area contributed by atoms with Gasteiger partial charge in [0.2, 0.25) is 0 Å². The lowest BCUT2D eigenvalue weighted by molar-refractivity contribution is 0.318. The van der Waals surface area contributed by atoms with Crippen LogP contribution < -0.4 is 0 Å². The van der Waals surface area contributed by atoms with Crippen molar-refractivity contribution < 1.29 is 5.21 Å². The first-order valence-electron chi connectivity index (χ1n) is 3.73. The van der Waals surface area contributed by atoms with Gasteiger partial charge >= 0.3 is 0 Å². The maximum atomic E-state index is 8.60. The number of rotatable bonds is 3. The minimum Gasteiger partial charge on any atom is -0.411 e. The third-order valence-corrected chi connectivity index (χ3v) is 1.52. The van der Waals surface area contributed by atoms with Crippen molar-refractivity contribution in [2.24, 2.45) is 5.16 Å². The fourth-order valence-corrected chi connectivity index (χ4v) is 0.985. The lowest BCUT2D eigenvalue weighted by Crippen LogP contribution is -2.00. The molecule has 60 valence electrons. The molecule has 0 aliphatic rings. The van der Waals surface area contributed by atoms with E-state index in [-0.39, 0.29) is 0 Å². The molecule has 1 aromatic rings. The summed E-state index contributed by atoms with van der Waals surface area (Å²) in [5, 5.41) is 11.8. The summed E-state index contributed by atoms with van der Waals surface area (Å²) in [6.07, 6.45) is 3.60. The minimum absolute atomic E-state index is 0.720. The number of aromatic nitrogens is 1.